The second-order valence-electron chi connectivity index (χ2n) is 6.05. The standard InChI is InChI=1S/C18H14F4N6O2/c19-13-4-6-14(7-5-13)24-15(29)9-23-16(30)10-28-26-17(25-27-28)11-2-1-3-12(8-11)18(20,21)22/h1-8H,9-10H2,(H,23,30)(H,24,29). The molecule has 2 N–H and O–H groups in total. The van der Waals surface area contributed by atoms with Gasteiger partial charge in [0.25, 0.3) is 0 Å². The van der Waals surface area contributed by atoms with Gasteiger partial charge in [-0.05, 0) is 41.6 Å². The van der Waals surface area contributed by atoms with E-state index in [1.807, 2.05) is 0 Å². The number of anilines is 1. The third-order valence-electron chi connectivity index (χ3n) is 3.76. The summed E-state index contributed by atoms with van der Waals surface area (Å²) in [5, 5.41) is 16.0. The number of carbonyl (C=O) groups is 2. The van der Waals surface area contributed by atoms with Crippen LogP contribution in [0.4, 0.5) is 23.2 Å². The molecule has 3 rings (SSSR count). The first-order valence-corrected chi connectivity index (χ1v) is 8.48. The Bertz CT molecular complexity index is 1050. The topological polar surface area (TPSA) is 102 Å². The number of amides is 2. The lowest BCUT2D eigenvalue weighted by atomic mass is 10.1. The number of nitrogens with zero attached hydrogens (tertiary/aromatic N) is 4. The quantitative estimate of drug-likeness (QED) is 0.594. The van der Waals surface area contributed by atoms with Crippen molar-refractivity contribution < 1.29 is 27.2 Å². The molecular formula is C18H14F4N6O2. The Morgan fingerprint density at radius 3 is 2.47 bits per heavy atom. The van der Waals surface area contributed by atoms with E-state index in [2.05, 4.69) is 26.0 Å². The first kappa shape index (κ1) is 20.9. The second-order valence-corrected chi connectivity index (χ2v) is 6.05. The highest BCUT2D eigenvalue weighted by atomic mass is 19.4. The highest BCUT2D eigenvalue weighted by Crippen LogP contribution is 2.31. The molecule has 0 saturated carbocycles. The van der Waals surface area contributed by atoms with E-state index in [9.17, 15) is 27.2 Å². The van der Waals surface area contributed by atoms with Gasteiger partial charge in [-0.2, -0.15) is 18.0 Å². The molecule has 0 fully saturated rings. The Hall–Kier alpha value is -3.83. The van der Waals surface area contributed by atoms with Crippen molar-refractivity contribution >= 4 is 17.5 Å². The molecule has 1 heterocycles. The molecule has 0 aliphatic rings. The number of aromatic nitrogens is 4. The Kier molecular flexibility index (Phi) is 6.04. The van der Waals surface area contributed by atoms with Crippen LogP contribution in [0.15, 0.2) is 48.5 Å². The van der Waals surface area contributed by atoms with Crippen LogP contribution in [0.25, 0.3) is 11.4 Å². The molecule has 2 amide bonds. The number of rotatable bonds is 6. The zero-order valence-electron chi connectivity index (χ0n) is 15.2. The maximum absolute atomic E-state index is 12.8. The fourth-order valence-corrected chi connectivity index (χ4v) is 2.36. The lowest BCUT2D eigenvalue weighted by Crippen LogP contribution is -2.35. The van der Waals surface area contributed by atoms with Gasteiger partial charge in [0.15, 0.2) is 0 Å². The lowest BCUT2D eigenvalue weighted by molar-refractivity contribution is -0.137. The molecule has 30 heavy (non-hydrogen) atoms. The highest BCUT2D eigenvalue weighted by Gasteiger charge is 2.30. The van der Waals surface area contributed by atoms with Crippen LogP contribution in [-0.2, 0) is 22.3 Å². The van der Waals surface area contributed by atoms with Gasteiger partial charge in [-0.15, -0.1) is 10.2 Å². The predicted octanol–water partition coefficient (Wildman–Crippen LogP) is 2.25. The number of alkyl halides is 3. The number of hydrogen-bond acceptors (Lipinski definition) is 5. The van der Waals surface area contributed by atoms with Crippen LogP contribution in [0.5, 0.6) is 0 Å². The summed E-state index contributed by atoms with van der Waals surface area (Å²) in [5.74, 6) is -1.68. The average Bonchev–Trinajstić information content (AvgIpc) is 3.16. The van der Waals surface area contributed by atoms with E-state index >= 15 is 0 Å². The van der Waals surface area contributed by atoms with Crippen molar-refractivity contribution in [2.24, 2.45) is 0 Å². The fourth-order valence-electron chi connectivity index (χ4n) is 2.36. The Labute approximate surface area is 166 Å². The minimum absolute atomic E-state index is 0.0806. The molecule has 0 atom stereocenters. The summed E-state index contributed by atoms with van der Waals surface area (Å²) in [4.78, 5) is 24.6. The highest BCUT2D eigenvalue weighted by molar-refractivity contribution is 5.94. The number of tetrazole rings is 1. The first-order valence-electron chi connectivity index (χ1n) is 8.48. The molecule has 0 unspecified atom stereocenters. The zero-order chi connectivity index (χ0) is 21.7. The fraction of sp³-hybridized carbons (Fsp3) is 0.167. The van der Waals surface area contributed by atoms with Gasteiger partial charge in [-0.25, -0.2) is 4.39 Å². The normalized spacial score (nSPS) is 11.2. The average molecular weight is 422 g/mol. The van der Waals surface area contributed by atoms with E-state index in [0.717, 1.165) is 16.9 Å². The molecule has 1 aromatic heterocycles. The molecule has 0 spiro atoms. The summed E-state index contributed by atoms with van der Waals surface area (Å²) in [6.45, 7) is -0.749. The third kappa shape index (κ3) is 5.59. The molecule has 0 bridgehead atoms. The van der Waals surface area contributed by atoms with Crippen LogP contribution in [0, 0.1) is 5.82 Å². The van der Waals surface area contributed by atoms with Crippen LogP contribution < -0.4 is 10.6 Å². The lowest BCUT2D eigenvalue weighted by Gasteiger charge is -2.07. The second kappa shape index (κ2) is 8.68. The van der Waals surface area contributed by atoms with Gasteiger partial charge in [0, 0.05) is 11.3 Å². The molecule has 3 aromatic rings. The summed E-state index contributed by atoms with van der Waals surface area (Å²) >= 11 is 0. The Morgan fingerprint density at radius 2 is 1.77 bits per heavy atom. The van der Waals surface area contributed by atoms with E-state index in [4.69, 9.17) is 0 Å². The van der Waals surface area contributed by atoms with Crippen LogP contribution in [-0.4, -0.2) is 38.6 Å². The van der Waals surface area contributed by atoms with E-state index in [0.29, 0.717) is 5.69 Å². The minimum Gasteiger partial charge on any atom is -0.345 e. The van der Waals surface area contributed by atoms with Crippen LogP contribution in [0.1, 0.15) is 5.56 Å². The Morgan fingerprint density at radius 1 is 1.03 bits per heavy atom. The monoisotopic (exact) mass is 422 g/mol. The molecule has 8 nitrogen and oxygen atoms in total. The van der Waals surface area contributed by atoms with Crippen molar-refractivity contribution in [2.75, 3.05) is 11.9 Å². The van der Waals surface area contributed by atoms with Gasteiger partial charge >= 0.3 is 6.18 Å². The van der Waals surface area contributed by atoms with Crippen LogP contribution in [0.2, 0.25) is 0 Å². The molecule has 12 heteroatoms. The number of carbonyl (C=O) groups excluding carboxylic acids is 2. The molecule has 2 aromatic carbocycles. The number of halogens is 4. The van der Waals surface area contributed by atoms with Crippen molar-refractivity contribution in [3.8, 4) is 11.4 Å². The molecule has 0 saturated heterocycles. The largest absolute Gasteiger partial charge is 0.416 e. The van der Waals surface area contributed by atoms with Crippen LogP contribution >= 0.6 is 0 Å². The Balaban J connectivity index is 1.53. The molecule has 0 radical (unpaired) electrons. The summed E-state index contributed by atoms with van der Waals surface area (Å²) in [6, 6.07) is 9.47. The number of nitrogens with one attached hydrogen (secondary N) is 2. The van der Waals surface area contributed by atoms with Crippen molar-refractivity contribution in [3.63, 3.8) is 0 Å². The summed E-state index contributed by atoms with van der Waals surface area (Å²) in [7, 11) is 0. The van der Waals surface area contributed by atoms with E-state index in [-0.39, 0.29) is 17.9 Å². The SMILES string of the molecule is O=C(Cn1nnc(-c2cccc(C(F)(F)F)c2)n1)NCC(=O)Nc1ccc(F)cc1. The molecule has 0 aliphatic carbocycles. The summed E-state index contributed by atoms with van der Waals surface area (Å²) < 4.78 is 51.2. The molecule has 156 valence electrons. The van der Waals surface area contributed by atoms with Gasteiger partial charge < -0.3 is 10.6 Å². The van der Waals surface area contributed by atoms with Gasteiger partial charge in [-0.1, -0.05) is 12.1 Å². The molecular weight excluding hydrogens is 408 g/mol. The number of benzene rings is 2. The van der Waals surface area contributed by atoms with Crippen molar-refractivity contribution in [1.29, 1.82) is 0 Å². The molecule has 0 aliphatic heterocycles. The van der Waals surface area contributed by atoms with E-state index in [1.54, 1.807) is 0 Å². The third-order valence-corrected chi connectivity index (χ3v) is 3.76. The zero-order valence-corrected chi connectivity index (χ0v) is 15.2. The van der Waals surface area contributed by atoms with Crippen molar-refractivity contribution in [3.05, 3.63) is 59.9 Å². The predicted molar refractivity (Wildman–Crippen MR) is 96.3 cm³/mol. The van der Waals surface area contributed by atoms with Crippen molar-refractivity contribution in [2.45, 2.75) is 12.7 Å². The van der Waals surface area contributed by atoms with Gasteiger partial charge in [0.1, 0.15) is 12.4 Å². The van der Waals surface area contributed by atoms with E-state index in [1.165, 1.54) is 36.4 Å². The van der Waals surface area contributed by atoms with Gasteiger partial charge in [0.05, 0.1) is 12.1 Å². The van der Waals surface area contributed by atoms with Gasteiger partial charge in [-0.3, -0.25) is 9.59 Å². The minimum atomic E-state index is -4.51. The first-order chi connectivity index (χ1) is 14.2. The van der Waals surface area contributed by atoms with E-state index < -0.39 is 35.9 Å². The smallest absolute Gasteiger partial charge is 0.345 e. The summed E-state index contributed by atoms with van der Waals surface area (Å²) in [5.41, 5.74) is -0.407. The number of hydrogen-bond donors (Lipinski definition) is 2. The van der Waals surface area contributed by atoms with Crippen LogP contribution in [0.3, 0.4) is 0 Å². The summed E-state index contributed by atoms with van der Waals surface area (Å²) in [6.07, 6.45) is -4.51. The maximum Gasteiger partial charge on any atom is 0.416 e. The maximum atomic E-state index is 12.8. The van der Waals surface area contributed by atoms with Gasteiger partial charge in [0.2, 0.25) is 17.6 Å². The van der Waals surface area contributed by atoms with Crippen molar-refractivity contribution in [1.82, 2.24) is 25.5 Å².